The molecule has 3 rings (SSSR count). The SMILES string of the molecule is COc1ccc(C2CCC(S)P(c3ccc(OC)cc3)C2S)cc1. The molecule has 2 nitrogen and oxygen atoms in total. The van der Waals surface area contributed by atoms with Crippen molar-refractivity contribution in [1.82, 2.24) is 0 Å². The lowest BCUT2D eigenvalue weighted by Gasteiger charge is -2.40. The second-order valence-corrected chi connectivity index (χ2v) is 10.5. The number of benzene rings is 2. The van der Waals surface area contributed by atoms with Crippen LogP contribution in [0.3, 0.4) is 0 Å². The summed E-state index contributed by atoms with van der Waals surface area (Å²) >= 11 is 9.94. The molecule has 5 heteroatoms. The fraction of sp³-hybridized carbons (Fsp3) is 0.368. The van der Waals surface area contributed by atoms with Gasteiger partial charge in [-0.2, -0.15) is 25.3 Å². The Bertz CT molecular complexity index is 660. The molecule has 0 bridgehead atoms. The number of thiol groups is 2. The molecule has 1 aliphatic heterocycles. The zero-order valence-corrected chi connectivity index (χ0v) is 16.6. The summed E-state index contributed by atoms with van der Waals surface area (Å²) in [5, 5.41) is 1.35. The molecule has 24 heavy (non-hydrogen) atoms. The summed E-state index contributed by atoms with van der Waals surface area (Å²) in [6.45, 7) is 0. The molecule has 0 aromatic heterocycles. The molecule has 0 aliphatic carbocycles. The van der Waals surface area contributed by atoms with Gasteiger partial charge in [-0.3, -0.25) is 0 Å². The highest BCUT2D eigenvalue weighted by Gasteiger charge is 2.37. The quantitative estimate of drug-likeness (QED) is 0.582. The Morgan fingerprint density at radius 3 is 1.92 bits per heavy atom. The lowest BCUT2D eigenvalue weighted by molar-refractivity contribution is 0.414. The van der Waals surface area contributed by atoms with Crippen LogP contribution in [0.25, 0.3) is 0 Å². The average molecular weight is 378 g/mol. The van der Waals surface area contributed by atoms with Crippen molar-refractivity contribution in [3.8, 4) is 11.5 Å². The van der Waals surface area contributed by atoms with E-state index in [1.807, 2.05) is 24.3 Å². The van der Waals surface area contributed by atoms with Gasteiger partial charge in [0.25, 0.3) is 0 Å². The second-order valence-electron chi connectivity index (χ2n) is 5.96. The maximum Gasteiger partial charge on any atom is 0.118 e. The predicted molar refractivity (Wildman–Crippen MR) is 110 cm³/mol. The van der Waals surface area contributed by atoms with Gasteiger partial charge in [0, 0.05) is 9.98 Å². The van der Waals surface area contributed by atoms with E-state index < -0.39 is 7.92 Å². The molecule has 1 saturated heterocycles. The summed E-state index contributed by atoms with van der Waals surface area (Å²) in [4.78, 5) is 0.698. The third-order valence-corrected chi connectivity index (χ3v) is 9.45. The van der Waals surface area contributed by atoms with Crippen LogP contribution in [0.2, 0.25) is 0 Å². The third kappa shape index (κ3) is 3.71. The largest absolute Gasteiger partial charge is 0.497 e. The molecule has 1 heterocycles. The van der Waals surface area contributed by atoms with Crippen LogP contribution >= 0.6 is 33.2 Å². The highest BCUT2D eigenvalue weighted by atomic mass is 32.1. The normalized spacial score (nSPS) is 26.8. The average Bonchev–Trinajstić information content (AvgIpc) is 2.63. The lowest BCUT2D eigenvalue weighted by atomic mass is 9.95. The number of hydrogen-bond acceptors (Lipinski definition) is 4. The van der Waals surface area contributed by atoms with Crippen LogP contribution in [0.15, 0.2) is 48.5 Å². The number of rotatable bonds is 4. The van der Waals surface area contributed by atoms with Crippen molar-refractivity contribution in [3.05, 3.63) is 54.1 Å². The fourth-order valence-electron chi connectivity index (χ4n) is 3.26. The first-order valence-corrected chi connectivity index (χ1v) is 10.6. The van der Waals surface area contributed by atoms with Crippen LogP contribution in [0, 0.1) is 0 Å². The minimum Gasteiger partial charge on any atom is -0.497 e. The Balaban J connectivity index is 1.85. The van der Waals surface area contributed by atoms with Crippen LogP contribution in [-0.2, 0) is 0 Å². The Kier molecular flexibility index (Phi) is 6.02. The maximum atomic E-state index is 5.28. The van der Waals surface area contributed by atoms with Gasteiger partial charge in [-0.05, 0) is 61.8 Å². The van der Waals surface area contributed by atoms with Gasteiger partial charge in [0.05, 0.1) is 14.2 Å². The van der Waals surface area contributed by atoms with Crippen molar-refractivity contribution in [2.45, 2.75) is 28.7 Å². The molecule has 0 spiro atoms. The molecule has 0 N–H and O–H groups in total. The second kappa shape index (κ2) is 8.03. The Morgan fingerprint density at radius 2 is 1.38 bits per heavy atom. The lowest BCUT2D eigenvalue weighted by Crippen LogP contribution is -2.27. The highest BCUT2D eigenvalue weighted by molar-refractivity contribution is 7.99. The molecular formula is C19H23O2PS2. The molecule has 0 amide bonds. The van der Waals surface area contributed by atoms with E-state index in [0.29, 0.717) is 15.9 Å². The van der Waals surface area contributed by atoms with Crippen LogP contribution in [0.5, 0.6) is 11.5 Å². The van der Waals surface area contributed by atoms with Gasteiger partial charge in [0.1, 0.15) is 11.5 Å². The standard InChI is InChI=1S/C19H23O2PS2/c1-20-14-5-3-13(4-6-14)17-11-12-18(23)22(19(17)24)16-9-7-15(21-2)8-10-16/h3-10,17-19,23-24H,11-12H2,1-2H3. The smallest absolute Gasteiger partial charge is 0.118 e. The van der Waals surface area contributed by atoms with E-state index >= 15 is 0 Å². The van der Waals surface area contributed by atoms with E-state index in [1.54, 1.807) is 14.2 Å². The highest BCUT2D eigenvalue weighted by Crippen LogP contribution is 2.60. The van der Waals surface area contributed by atoms with E-state index in [2.05, 4.69) is 24.3 Å². The van der Waals surface area contributed by atoms with Crippen LogP contribution < -0.4 is 14.8 Å². The molecule has 2 aromatic carbocycles. The number of hydrogen-bond donors (Lipinski definition) is 2. The molecule has 4 atom stereocenters. The van der Waals surface area contributed by atoms with E-state index in [4.69, 9.17) is 34.7 Å². The number of methoxy groups -OCH3 is 2. The molecular weight excluding hydrogens is 355 g/mol. The van der Waals surface area contributed by atoms with Crippen molar-refractivity contribution in [2.24, 2.45) is 0 Å². The van der Waals surface area contributed by atoms with Gasteiger partial charge >= 0.3 is 0 Å². The summed E-state index contributed by atoms with van der Waals surface area (Å²) in [5.41, 5.74) is 1.34. The molecule has 2 aromatic rings. The van der Waals surface area contributed by atoms with Gasteiger partial charge < -0.3 is 9.47 Å². The molecule has 0 saturated carbocycles. The van der Waals surface area contributed by atoms with Crippen molar-refractivity contribution >= 4 is 38.5 Å². The summed E-state index contributed by atoms with van der Waals surface area (Å²) in [6.07, 6.45) is 2.25. The molecule has 4 unspecified atom stereocenters. The van der Waals surface area contributed by atoms with Crippen LogP contribution in [-0.4, -0.2) is 24.2 Å². The summed E-state index contributed by atoms with van der Waals surface area (Å²) in [6, 6.07) is 16.8. The van der Waals surface area contributed by atoms with E-state index in [0.717, 1.165) is 24.3 Å². The minimum atomic E-state index is -0.439. The van der Waals surface area contributed by atoms with Gasteiger partial charge in [0.15, 0.2) is 0 Å². The van der Waals surface area contributed by atoms with E-state index in [1.165, 1.54) is 10.9 Å². The van der Waals surface area contributed by atoms with Crippen molar-refractivity contribution < 1.29 is 9.47 Å². The first-order valence-electron chi connectivity index (χ1n) is 8.06. The topological polar surface area (TPSA) is 18.5 Å². The minimum absolute atomic E-state index is 0.304. The Labute approximate surface area is 156 Å². The zero-order valence-electron chi connectivity index (χ0n) is 13.9. The first kappa shape index (κ1) is 18.0. The van der Waals surface area contributed by atoms with Gasteiger partial charge in [-0.1, -0.05) is 24.3 Å². The summed E-state index contributed by atoms with van der Waals surface area (Å²) in [5.74, 6) is 2.24. The Hall–Kier alpha value is -0.830. The zero-order chi connectivity index (χ0) is 17.1. The molecule has 0 radical (unpaired) electrons. The van der Waals surface area contributed by atoms with E-state index in [-0.39, 0.29) is 0 Å². The van der Waals surface area contributed by atoms with Gasteiger partial charge in [-0.15, -0.1) is 0 Å². The Morgan fingerprint density at radius 1 is 0.833 bits per heavy atom. The maximum absolute atomic E-state index is 5.28. The third-order valence-electron chi connectivity index (χ3n) is 4.62. The van der Waals surface area contributed by atoms with Crippen LogP contribution in [0.1, 0.15) is 24.3 Å². The fourth-order valence-corrected chi connectivity index (χ4v) is 8.39. The van der Waals surface area contributed by atoms with Crippen molar-refractivity contribution in [3.63, 3.8) is 0 Å². The monoisotopic (exact) mass is 378 g/mol. The summed E-state index contributed by atoms with van der Waals surface area (Å²) in [7, 11) is 2.96. The van der Waals surface area contributed by atoms with Crippen molar-refractivity contribution in [2.75, 3.05) is 14.2 Å². The van der Waals surface area contributed by atoms with Gasteiger partial charge in [-0.25, -0.2) is 0 Å². The first-order chi connectivity index (χ1) is 11.6. The molecule has 128 valence electrons. The van der Waals surface area contributed by atoms with Gasteiger partial charge in [0.2, 0.25) is 0 Å². The summed E-state index contributed by atoms with van der Waals surface area (Å²) < 4.78 is 10.6. The predicted octanol–water partition coefficient (Wildman–Crippen LogP) is 4.90. The van der Waals surface area contributed by atoms with E-state index in [9.17, 15) is 0 Å². The number of ether oxygens (including phenoxy) is 2. The van der Waals surface area contributed by atoms with Crippen molar-refractivity contribution in [1.29, 1.82) is 0 Å². The van der Waals surface area contributed by atoms with Crippen LogP contribution in [0.4, 0.5) is 0 Å². The molecule has 1 fully saturated rings. The molecule has 1 aliphatic rings.